The van der Waals surface area contributed by atoms with Gasteiger partial charge in [0.2, 0.25) is 0 Å². The number of hydrazone groups is 1. The lowest BCUT2D eigenvalue weighted by molar-refractivity contribution is 0.0952. The summed E-state index contributed by atoms with van der Waals surface area (Å²) in [6.45, 7) is 2.59. The predicted molar refractivity (Wildman–Crippen MR) is 134 cm³/mol. The molecule has 0 saturated carbocycles. The van der Waals surface area contributed by atoms with Crippen LogP contribution < -0.4 is 19.6 Å². The Morgan fingerprint density at radius 2 is 1.82 bits per heavy atom. The Hall–Kier alpha value is -2.74. The van der Waals surface area contributed by atoms with Gasteiger partial charge < -0.3 is 14.2 Å². The minimum atomic E-state index is -0.413. The fourth-order valence-electron chi connectivity index (χ4n) is 2.88. The number of hydrogen-bond donors (Lipinski definition) is 1. The minimum absolute atomic E-state index is 0.301. The molecule has 0 aromatic heterocycles. The molecule has 0 atom stereocenters. The molecular weight excluding hydrogens is 531 g/mol. The summed E-state index contributed by atoms with van der Waals surface area (Å²) in [5, 5.41) is 5.05. The Morgan fingerprint density at radius 3 is 2.52 bits per heavy atom. The molecule has 33 heavy (non-hydrogen) atoms. The van der Waals surface area contributed by atoms with Crippen LogP contribution in [0.4, 0.5) is 0 Å². The first-order valence-electron chi connectivity index (χ1n) is 9.91. The second-order valence-corrected chi connectivity index (χ2v) is 8.48. The summed E-state index contributed by atoms with van der Waals surface area (Å²) in [5.41, 5.74) is 4.41. The zero-order valence-electron chi connectivity index (χ0n) is 17.9. The van der Waals surface area contributed by atoms with E-state index in [-0.39, 0.29) is 0 Å². The van der Waals surface area contributed by atoms with E-state index in [1.165, 1.54) is 13.3 Å². The minimum Gasteiger partial charge on any atom is -0.496 e. The third-order valence-corrected chi connectivity index (χ3v) is 5.44. The molecule has 1 amide bonds. The highest BCUT2D eigenvalue weighted by Gasteiger charge is 2.14. The Kier molecular flexibility index (Phi) is 9.00. The van der Waals surface area contributed by atoms with Crippen LogP contribution in [0.15, 0.2) is 64.2 Å². The molecule has 3 aromatic rings. The number of nitrogens with one attached hydrogen (secondary N) is 1. The van der Waals surface area contributed by atoms with E-state index in [4.69, 9.17) is 37.4 Å². The average Bonchev–Trinajstić information content (AvgIpc) is 2.80. The number of nitrogens with zero attached hydrogens (tertiary/aromatic N) is 1. The first-order valence-corrected chi connectivity index (χ1v) is 11.5. The van der Waals surface area contributed by atoms with Crippen molar-refractivity contribution in [1.29, 1.82) is 0 Å². The number of rotatable bonds is 9. The van der Waals surface area contributed by atoms with Gasteiger partial charge in [0.15, 0.2) is 11.5 Å². The van der Waals surface area contributed by atoms with Gasteiger partial charge in [-0.25, -0.2) is 5.43 Å². The maximum absolute atomic E-state index is 12.5. The lowest BCUT2D eigenvalue weighted by Crippen LogP contribution is -2.18. The van der Waals surface area contributed by atoms with E-state index in [2.05, 4.69) is 26.5 Å². The van der Waals surface area contributed by atoms with Crippen LogP contribution in [0.3, 0.4) is 0 Å². The molecule has 0 fully saturated rings. The summed E-state index contributed by atoms with van der Waals surface area (Å²) in [7, 11) is 1.50. The van der Waals surface area contributed by atoms with Gasteiger partial charge in [0.25, 0.3) is 5.91 Å². The average molecular weight is 552 g/mol. The summed E-state index contributed by atoms with van der Waals surface area (Å²) >= 11 is 15.7. The summed E-state index contributed by atoms with van der Waals surface area (Å²) in [6, 6.07) is 15.9. The monoisotopic (exact) mass is 550 g/mol. The Labute approximate surface area is 210 Å². The van der Waals surface area contributed by atoms with Crippen LogP contribution in [-0.2, 0) is 6.61 Å². The predicted octanol–water partition coefficient (Wildman–Crippen LogP) is 6.51. The number of amides is 1. The lowest BCUT2D eigenvalue weighted by atomic mass is 10.2. The quantitative estimate of drug-likeness (QED) is 0.243. The molecule has 0 aliphatic heterocycles. The fourth-order valence-corrected chi connectivity index (χ4v) is 3.65. The van der Waals surface area contributed by atoms with Gasteiger partial charge >= 0.3 is 0 Å². The van der Waals surface area contributed by atoms with Crippen LogP contribution in [0.25, 0.3) is 0 Å². The molecule has 0 aliphatic carbocycles. The number of halogens is 3. The van der Waals surface area contributed by atoms with Crippen molar-refractivity contribution in [2.75, 3.05) is 13.7 Å². The lowest BCUT2D eigenvalue weighted by Gasteiger charge is -2.14. The molecule has 9 heteroatoms. The van der Waals surface area contributed by atoms with Crippen molar-refractivity contribution in [2.24, 2.45) is 5.10 Å². The smallest absolute Gasteiger partial charge is 0.275 e. The van der Waals surface area contributed by atoms with Crippen LogP contribution in [0.2, 0.25) is 10.0 Å². The summed E-state index contributed by atoms with van der Waals surface area (Å²) in [6.07, 6.45) is 1.47. The van der Waals surface area contributed by atoms with Crippen molar-refractivity contribution in [1.82, 2.24) is 5.43 Å². The van der Waals surface area contributed by atoms with E-state index in [1.807, 2.05) is 19.1 Å². The van der Waals surface area contributed by atoms with Crippen LogP contribution in [-0.4, -0.2) is 25.8 Å². The Morgan fingerprint density at radius 1 is 1.06 bits per heavy atom. The fraction of sp³-hybridized carbons (Fsp3) is 0.167. The molecule has 3 aromatic carbocycles. The van der Waals surface area contributed by atoms with Gasteiger partial charge in [-0.05, 0) is 60.5 Å². The van der Waals surface area contributed by atoms with Gasteiger partial charge in [0.1, 0.15) is 12.4 Å². The third-order valence-electron chi connectivity index (χ3n) is 4.41. The summed E-state index contributed by atoms with van der Waals surface area (Å²) < 4.78 is 17.6. The Balaban J connectivity index is 1.74. The van der Waals surface area contributed by atoms with E-state index in [1.54, 1.807) is 42.5 Å². The third kappa shape index (κ3) is 6.87. The highest BCUT2D eigenvalue weighted by atomic mass is 79.9. The zero-order chi connectivity index (χ0) is 23.8. The SMILES string of the molecule is CCOc1cc(/C=N\NC(=O)c2cc(Br)ccc2OC)cc(Cl)c1OCc1ccc(Cl)cc1. The van der Waals surface area contributed by atoms with Gasteiger partial charge in [0.05, 0.1) is 30.5 Å². The highest BCUT2D eigenvalue weighted by Crippen LogP contribution is 2.37. The first kappa shape index (κ1) is 24.9. The summed E-state index contributed by atoms with van der Waals surface area (Å²) in [4.78, 5) is 12.5. The van der Waals surface area contributed by atoms with Crippen molar-refractivity contribution >= 4 is 51.3 Å². The molecular formula is C24H21BrCl2N2O4. The molecule has 3 rings (SSSR count). The topological polar surface area (TPSA) is 69.2 Å². The van der Waals surface area contributed by atoms with Gasteiger partial charge in [-0.15, -0.1) is 0 Å². The number of benzene rings is 3. The van der Waals surface area contributed by atoms with E-state index < -0.39 is 5.91 Å². The number of carbonyl (C=O) groups excluding carboxylic acids is 1. The molecule has 0 aliphatic rings. The second-order valence-electron chi connectivity index (χ2n) is 6.72. The van der Waals surface area contributed by atoms with E-state index >= 15 is 0 Å². The first-order chi connectivity index (χ1) is 15.9. The maximum Gasteiger partial charge on any atom is 0.275 e. The van der Waals surface area contributed by atoms with Crippen molar-refractivity contribution in [3.8, 4) is 17.2 Å². The normalized spacial score (nSPS) is 10.8. The highest BCUT2D eigenvalue weighted by molar-refractivity contribution is 9.10. The van der Waals surface area contributed by atoms with Crippen molar-refractivity contribution in [3.05, 3.63) is 85.8 Å². The van der Waals surface area contributed by atoms with Gasteiger partial charge in [0, 0.05) is 9.50 Å². The molecule has 0 unspecified atom stereocenters. The zero-order valence-corrected chi connectivity index (χ0v) is 21.0. The number of carbonyl (C=O) groups is 1. The van der Waals surface area contributed by atoms with Crippen LogP contribution in [0.1, 0.15) is 28.4 Å². The molecule has 172 valence electrons. The van der Waals surface area contributed by atoms with E-state index in [0.717, 1.165) is 10.0 Å². The van der Waals surface area contributed by atoms with Crippen molar-refractivity contribution in [2.45, 2.75) is 13.5 Å². The van der Waals surface area contributed by atoms with Gasteiger partial charge in [-0.1, -0.05) is 51.3 Å². The number of methoxy groups -OCH3 is 1. The van der Waals surface area contributed by atoms with Crippen LogP contribution >= 0.6 is 39.1 Å². The number of ether oxygens (including phenoxy) is 3. The maximum atomic E-state index is 12.5. The molecule has 6 nitrogen and oxygen atoms in total. The van der Waals surface area contributed by atoms with Crippen LogP contribution in [0, 0.1) is 0 Å². The van der Waals surface area contributed by atoms with Gasteiger partial charge in [-0.2, -0.15) is 5.10 Å². The standard InChI is InChI=1S/C24H21BrCl2N2O4/c1-3-32-22-11-16(10-20(27)23(22)33-14-15-4-7-18(26)8-5-15)13-28-29-24(30)19-12-17(25)6-9-21(19)31-2/h4-13H,3,14H2,1-2H3,(H,29,30)/b28-13-. The summed E-state index contributed by atoms with van der Waals surface area (Å²) in [5.74, 6) is 0.923. The molecule has 0 saturated heterocycles. The molecule has 1 N–H and O–H groups in total. The van der Waals surface area contributed by atoms with Crippen molar-refractivity contribution in [3.63, 3.8) is 0 Å². The molecule has 0 heterocycles. The Bertz CT molecular complexity index is 1150. The van der Waals surface area contributed by atoms with Crippen molar-refractivity contribution < 1.29 is 19.0 Å². The molecule has 0 radical (unpaired) electrons. The van der Waals surface area contributed by atoms with Gasteiger partial charge in [-0.3, -0.25) is 4.79 Å². The number of hydrogen-bond acceptors (Lipinski definition) is 5. The largest absolute Gasteiger partial charge is 0.496 e. The second kappa shape index (κ2) is 11.9. The molecule has 0 spiro atoms. The van der Waals surface area contributed by atoms with E-state index in [9.17, 15) is 4.79 Å². The van der Waals surface area contributed by atoms with Crippen LogP contribution in [0.5, 0.6) is 17.2 Å². The molecule has 0 bridgehead atoms. The van der Waals surface area contributed by atoms with E-state index in [0.29, 0.717) is 51.6 Å².